The number of morpholine rings is 1. The van der Waals surface area contributed by atoms with Crippen molar-refractivity contribution in [3.05, 3.63) is 23.8 Å². The average molecular weight is 346 g/mol. The molecule has 2 aliphatic heterocycles. The zero-order valence-electron chi connectivity index (χ0n) is 15.5. The predicted molar refractivity (Wildman–Crippen MR) is 96.2 cm³/mol. The molecular weight excluding hydrogens is 316 g/mol. The lowest BCUT2D eigenvalue weighted by atomic mass is 10.2. The van der Waals surface area contributed by atoms with E-state index in [0.29, 0.717) is 19.1 Å². The first-order valence-corrected chi connectivity index (χ1v) is 9.57. The molecule has 25 heavy (non-hydrogen) atoms. The molecule has 2 fully saturated rings. The van der Waals surface area contributed by atoms with Gasteiger partial charge in [0.05, 0.1) is 6.61 Å². The number of carbonyl (C=O) groups is 1. The van der Waals surface area contributed by atoms with E-state index in [9.17, 15) is 4.79 Å². The molecule has 1 atom stereocenters. The molecule has 6 heteroatoms. The Morgan fingerprint density at radius 2 is 1.84 bits per heavy atom. The molecule has 1 aromatic rings. The molecule has 0 aliphatic carbocycles. The maximum absolute atomic E-state index is 12.8. The Morgan fingerprint density at radius 1 is 1.16 bits per heavy atom. The van der Waals surface area contributed by atoms with Crippen LogP contribution in [0, 0.1) is 0 Å². The first-order valence-electron chi connectivity index (χ1n) is 9.57. The van der Waals surface area contributed by atoms with Crippen molar-refractivity contribution >= 4 is 5.91 Å². The van der Waals surface area contributed by atoms with Crippen LogP contribution in [-0.2, 0) is 16.1 Å². The summed E-state index contributed by atoms with van der Waals surface area (Å²) in [5.74, 6) is 1.38. The van der Waals surface area contributed by atoms with Crippen LogP contribution in [0.25, 0.3) is 0 Å². The summed E-state index contributed by atoms with van der Waals surface area (Å²) in [6.07, 6.45) is 8.17. The molecular formula is C19H30N4O2. The fraction of sp³-hybridized carbons (Fsp3) is 0.737. The molecule has 3 rings (SSSR count). The van der Waals surface area contributed by atoms with Crippen LogP contribution in [0.1, 0.15) is 56.8 Å². The molecule has 6 nitrogen and oxygen atoms in total. The van der Waals surface area contributed by atoms with Crippen molar-refractivity contribution in [1.82, 2.24) is 19.8 Å². The summed E-state index contributed by atoms with van der Waals surface area (Å²) in [5, 5.41) is 0. The molecule has 2 aliphatic rings. The van der Waals surface area contributed by atoms with Crippen LogP contribution >= 0.6 is 0 Å². The van der Waals surface area contributed by atoms with Gasteiger partial charge in [-0.2, -0.15) is 0 Å². The number of nitrogens with zero attached hydrogens (tertiary/aromatic N) is 4. The second-order valence-corrected chi connectivity index (χ2v) is 7.44. The summed E-state index contributed by atoms with van der Waals surface area (Å²) < 4.78 is 5.79. The minimum atomic E-state index is -0.331. The average Bonchev–Trinajstić information content (AvgIpc) is 2.91. The molecule has 0 N–H and O–H groups in total. The molecule has 0 radical (unpaired) electrons. The largest absolute Gasteiger partial charge is 0.366 e. The van der Waals surface area contributed by atoms with Crippen LogP contribution in [0.3, 0.4) is 0 Å². The van der Waals surface area contributed by atoms with E-state index in [-0.39, 0.29) is 12.0 Å². The van der Waals surface area contributed by atoms with Gasteiger partial charge in [0.25, 0.3) is 5.91 Å². The summed E-state index contributed by atoms with van der Waals surface area (Å²) in [7, 11) is 0. The van der Waals surface area contributed by atoms with Gasteiger partial charge in [0, 0.05) is 56.6 Å². The van der Waals surface area contributed by atoms with Gasteiger partial charge in [-0.15, -0.1) is 0 Å². The summed E-state index contributed by atoms with van der Waals surface area (Å²) >= 11 is 0. The number of hydrogen-bond donors (Lipinski definition) is 0. The SMILES string of the molecule is CC(C)c1ncc(CN2CCO[C@H](C(=O)N3CCCCCC3)C2)cn1. The van der Waals surface area contributed by atoms with Crippen LogP contribution in [-0.4, -0.2) is 64.6 Å². The van der Waals surface area contributed by atoms with Crippen molar-refractivity contribution in [3.8, 4) is 0 Å². The molecule has 1 amide bonds. The number of likely N-dealkylation sites (tertiary alicyclic amines) is 1. The fourth-order valence-corrected chi connectivity index (χ4v) is 3.49. The van der Waals surface area contributed by atoms with Gasteiger partial charge in [-0.1, -0.05) is 26.7 Å². The van der Waals surface area contributed by atoms with E-state index < -0.39 is 0 Å². The number of rotatable bonds is 4. The zero-order chi connectivity index (χ0) is 17.6. The number of carbonyl (C=O) groups excluding carboxylic acids is 1. The Morgan fingerprint density at radius 3 is 2.48 bits per heavy atom. The predicted octanol–water partition coefficient (Wildman–Crippen LogP) is 2.20. The maximum Gasteiger partial charge on any atom is 0.253 e. The van der Waals surface area contributed by atoms with Crippen LogP contribution in [0.5, 0.6) is 0 Å². The summed E-state index contributed by atoms with van der Waals surface area (Å²) in [6.45, 7) is 8.82. The van der Waals surface area contributed by atoms with Crippen molar-refractivity contribution in [2.24, 2.45) is 0 Å². The van der Waals surface area contributed by atoms with Crippen molar-refractivity contribution in [2.45, 2.75) is 58.1 Å². The van der Waals surface area contributed by atoms with Crippen LogP contribution in [0.15, 0.2) is 12.4 Å². The van der Waals surface area contributed by atoms with E-state index in [1.807, 2.05) is 17.3 Å². The highest BCUT2D eigenvalue weighted by Crippen LogP contribution is 2.16. The topological polar surface area (TPSA) is 58.6 Å². The third-order valence-corrected chi connectivity index (χ3v) is 4.99. The number of hydrogen-bond acceptors (Lipinski definition) is 5. The van der Waals surface area contributed by atoms with Gasteiger partial charge in [-0.05, 0) is 12.8 Å². The van der Waals surface area contributed by atoms with E-state index in [2.05, 4.69) is 28.7 Å². The Hall–Kier alpha value is -1.53. The molecule has 0 aromatic carbocycles. The Labute approximate surface area is 150 Å². The van der Waals surface area contributed by atoms with E-state index >= 15 is 0 Å². The van der Waals surface area contributed by atoms with Gasteiger partial charge < -0.3 is 9.64 Å². The van der Waals surface area contributed by atoms with Gasteiger partial charge >= 0.3 is 0 Å². The van der Waals surface area contributed by atoms with Gasteiger partial charge in [-0.25, -0.2) is 9.97 Å². The first kappa shape index (κ1) is 18.3. The number of amides is 1. The Bertz CT molecular complexity index is 553. The van der Waals surface area contributed by atoms with E-state index in [4.69, 9.17) is 4.74 Å². The summed E-state index contributed by atoms with van der Waals surface area (Å²) in [6, 6.07) is 0. The number of ether oxygens (including phenoxy) is 1. The standard InChI is InChI=1S/C19H30N4O2/c1-15(2)18-20-11-16(12-21-18)13-22-9-10-25-17(14-22)19(24)23-7-5-3-4-6-8-23/h11-12,15,17H,3-10,13-14H2,1-2H3/t17-/m0/s1. The van der Waals surface area contributed by atoms with E-state index in [1.165, 1.54) is 12.8 Å². The Balaban J connectivity index is 1.56. The monoisotopic (exact) mass is 346 g/mol. The second-order valence-electron chi connectivity index (χ2n) is 7.44. The van der Waals surface area contributed by atoms with Gasteiger partial charge in [-0.3, -0.25) is 9.69 Å². The molecule has 0 bridgehead atoms. The Kier molecular flexibility index (Phi) is 6.37. The minimum Gasteiger partial charge on any atom is -0.366 e. The lowest BCUT2D eigenvalue weighted by molar-refractivity contribution is -0.149. The third kappa shape index (κ3) is 4.98. The van der Waals surface area contributed by atoms with Crippen LogP contribution < -0.4 is 0 Å². The van der Waals surface area contributed by atoms with Crippen molar-refractivity contribution < 1.29 is 9.53 Å². The lowest BCUT2D eigenvalue weighted by Gasteiger charge is -2.34. The van der Waals surface area contributed by atoms with Crippen molar-refractivity contribution in [2.75, 3.05) is 32.8 Å². The fourth-order valence-electron chi connectivity index (χ4n) is 3.49. The summed E-state index contributed by atoms with van der Waals surface area (Å²) in [5.41, 5.74) is 1.09. The van der Waals surface area contributed by atoms with Gasteiger partial charge in [0.1, 0.15) is 11.9 Å². The maximum atomic E-state index is 12.8. The molecule has 1 aromatic heterocycles. The molecule has 0 unspecified atom stereocenters. The highest BCUT2D eigenvalue weighted by molar-refractivity contribution is 5.81. The zero-order valence-corrected chi connectivity index (χ0v) is 15.5. The normalized spacial score (nSPS) is 22.8. The van der Waals surface area contributed by atoms with Crippen LogP contribution in [0.2, 0.25) is 0 Å². The minimum absolute atomic E-state index is 0.165. The molecule has 2 saturated heterocycles. The second kappa shape index (κ2) is 8.72. The molecule has 0 spiro atoms. The van der Waals surface area contributed by atoms with Gasteiger partial charge in [0.2, 0.25) is 0 Å². The molecule has 138 valence electrons. The highest BCUT2D eigenvalue weighted by atomic mass is 16.5. The van der Waals surface area contributed by atoms with E-state index in [0.717, 1.165) is 50.4 Å². The number of aromatic nitrogens is 2. The first-order chi connectivity index (χ1) is 12.1. The summed E-state index contributed by atoms with van der Waals surface area (Å²) in [4.78, 5) is 25.9. The van der Waals surface area contributed by atoms with Crippen molar-refractivity contribution in [1.29, 1.82) is 0 Å². The molecule has 0 saturated carbocycles. The smallest absolute Gasteiger partial charge is 0.253 e. The molecule has 3 heterocycles. The van der Waals surface area contributed by atoms with Crippen molar-refractivity contribution in [3.63, 3.8) is 0 Å². The van der Waals surface area contributed by atoms with E-state index in [1.54, 1.807) is 0 Å². The quantitative estimate of drug-likeness (QED) is 0.836. The van der Waals surface area contributed by atoms with Gasteiger partial charge in [0.15, 0.2) is 0 Å². The van der Waals surface area contributed by atoms with Crippen LogP contribution in [0.4, 0.5) is 0 Å². The lowest BCUT2D eigenvalue weighted by Crippen LogP contribution is -2.51. The third-order valence-electron chi connectivity index (χ3n) is 4.99. The highest BCUT2D eigenvalue weighted by Gasteiger charge is 2.30.